The highest BCUT2D eigenvalue weighted by molar-refractivity contribution is 5.90. The Bertz CT molecular complexity index is 1330. The fraction of sp³-hybridized carbons (Fsp3) is 0.154. The number of hydrogen-bond acceptors (Lipinski definition) is 6. The maximum atomic E-state index is 13.7. The molecule has 178 valence electrons. The van der Waals surface area contributed by atoms with Crippen molar-refractivity contribution in [3.05, 3.63) is 89.5 Å². The Morgan fingerprint density at radius 3 is 2.49 bits per heavy atom. The van der Waals surface area contributed by atoms with E-state index in [2.05, 4.69) is 15.5 Å². The van der Waals surface area contributed by atoms with Gasteiger partial charge in [-0.2, -0.15) is 0 Å². The first-order valence-corrected chi connectivity index (χ1v) is 10.8. The number of anilines is 1. The quantitative estimate of drug-likeness (QED) is 0.357. The number of pyridine rings is 1. The predicted octanol–water partition coefficient (Wildman–Crippen LogP) is 5.27. The Morgan fingerprint density at radius 1 is 1.06 bits per heavy atom. The average Bonchev–Trinajstić information content (AvgIpc) is 3.20. The van der Waals surface area contributed by atoms with Crippen molar-refractivity contribution in [2.45, 2.75) is 19.8 Å². The third-order valence-corrected chi connectivity index (χ3v) is 5.28. The van der Waals surface area contributed by atoms with Crippen molar-refractivity contribution in [2.24, 2.45) is 0 Å². The lowest BCUT2D eigenvalue weighted by molar-refractivity contribution is -0.136. The number of carbonyl (C=O) groups is 2. The molecule has 0 radical (unpaired) electrons. The maximum absolute atomic E-state index is 13.7. The molecule has 0 fully saturated rings. The molecular weight excluding hydrogens is 453 g/mol. The summed E-state index contributed by atoms with van der Waals surface area (Å²) in [5, 5.41) is 15.5. The van der Waals surface area contributed by atoms with Crippen LogP contribution in [0.5, 0.6) is 0 Å². The van der Waals surface area contributed by atoms with Crippen molar-refractivity contribution in [3.8, 4) is 22.6 Å². The van der Waals surface area contributed by atoms with E-state index in [1.807, 2.05) is 12.1 Å². The van der Waals surface area contributed by atoms with Crippen molar-refractivity contribution in [3.63, 3.8) is 0 Å². The van der Waals surface area contributed by atoms with E-state index in [1.165, 1.54) is 6.07 Å². The molecule has 0 spiro atoms. The highest BCUT2D eigenvalue weighted by Gasteiger charge is 2.19. The first-order valence-electron chi connectivity index (χ1n) is 10.8. The SMILES string of the molecule is Cc1noc(-c2ccc(-c3ccc(CC(=O)O)cc3)nc2)c1NC(=O)OCCc1ccccc1F. The highest BCUT2D eigenvalue weighted by Crippen LogP contribution is 2.31. The van der Waals surface area contributed by atoms with Crippen molar-refractivity contribution in [1.29, 1.82) is 0 Å². The second-order valence-electron chi connectivity index (χ2n) is 7.77. The molecule has 0 saturated heterocycles. The molecule has 2 aromatic heterocycles. The Labute approximate surface area is 200 Å². The lowest BCUT2D eigenvalue weighted by Crippen LogP contribution is -2.16. The van der Waals surface area contributed by atoms with Gasteiger partial charge in [0.15, 0.2) is 5.76 Å². The Balaban J connectivity index is 1.41. The van der Waals surface area contributed by atoms with Crippen molar-refractivity contribution in [1.82, 2.24) is 10.1 Å². The van der Waals surface area contributed by atoms with Gasteiger partial charge in [-0.25, -0.2) is 9.18 Å². The smallest absolute Gasteiger partial charge is 0.411 e. The van der Waals surface area contributed by atoms with Gasteiger partial charge in [-0.3, -0.25) is 15.1 Å². The zero-order valence-corrected chi connectivity index (χ0v) is 18.8. The largest absolute Gasteiger partial charge is 0.481 e. The number of aryl methyl sites for hydroxylation is 1. The standard InChI is InChI=1S/C26H22FN3O5/c1-16-24(29-26(33)34-13-12-18-4-2-3-5-21(18)27)25(35-30-16)20-10-11-22(28-15-20)19-8-6-17(7-9-19)14-23(31)32/h2-11,15H,12-14H2,1H3,(H,29,33)(H,31,32). The van der Waals surface area contributed by atoms with E-state index in [9.17, 15) is 14.0 Å². The first-order chi connectivity index (χ1) is 16.9. The number of amides is 1. The molecule has 0 atom stereocenters. The summed E-state index contributed by atoms with van der Waals surface area (Å²) in [6.45, 7) is 1.69. The van der Waals surface area contributed by atoms with Crippen molar-refractivity contribution < 1.29 is 28.3 Å². The van der Waals surface area contributed by atoms with Gasteiger partial charge in [-0.15, -0.1) is 0 Å². The summed E-state index contributed by atoms with van der Waals surface area (Å²) in [5.41, 5.74) is 4.10. The number of carbonyl (C=O) groups excluding carboxylic acids is 1. The Morgan fingerprint density at radius 2 is 1.80 bits per heavy atom. The van der Waals surface area contributed by atoms with Gasteiger partial charge in [-0.1, -0.05) is 47.6 Å². The van der Waals surface area contributed by atoms with Gasteiger partial charge in [0.1, 0.15) is 17.2 Å². The van der Waals surface area contributed by atoms with Gasteiger partial charge in [0.2, 0.25) is 0 Å². The van der Waals surface area contributed by atoms with Crippen LogP contribution in [0.1, 0.15) is 16.8 Å². The molecule has 0 aliphatic carbocycles. The number of benzene rings is 2. The molecule has 0 unspecified atom stereocenters. The zero-order valence-electron chi connectivity index (χ0n) is 18.8. The normalized spacial score (nSPS) is 10.7. The predicted molar refractivity (Wildman–Crippen MR) is 126 cm³/mol. The molecule has 4 rings (SSSR count). The van der Waals surface area contributed by atoms with Crippen LogP contribution < -0.4 is 5.32 Å². The minimum Gasteiger partial charge on any atom is -0.481 e. The summed E-state index contributed by atoms with van der Waals surface area (Å²) in [6.07, 6.45) is 1.09. The number of rotatable bonds is 8. The first kappa shape index (κ1) is 23.6. The number of nitrogens with one attached hydrogen (secondary N) is 1. The molecule has 1 amide bonds. The molecule has 35 heavy (non-hydrogen) atoms. The van der Waals surface area contributed by atoms with Gasteiger partial charge < -0.3 is 14.4 Å². The second-order valence-corrected chi connectivity index (χ2v) is 7.77. The van der Waals surface area contributed by atoms with Gasteiger partial charge >= 0.3 is 12.1 Å². The zero-order chi connectivity index (χ0) is 24.8. The van der Waals surface area contributed by atoms with E-state index in [-0.39, 0.29) is 25.3 Å². The summed E-state index contributed by atoms with van der Waals surface area (Å²) < 4.78 is 24.3. The number of nitrogens with zero attached hydrogens (tertiary/aromatic N) is 2. The molecule has 0 aliphatic heterocycles. The fourth-order valence-corrected chi connectivity index (χ4v) is 3.47. The molecule has 0 saturated carbocycles. The molecule has 2 aromatic carbocycles. The number of aliphatic carboxylic acids is 1. The molecule has 8 nitrogen and oxygen atoms in total. The fourth-order valence-electron chi connectivity index (χ4n) is 3.47. The Kier molecular flexibility index (Phi) is 7.15. The summed E-state index contributed by atoms with van der Waals surface area (Å²) in [4.78, 5) is 27.6. The molecule has 0 bridgehead atoms. The van der Waals surface area contributed by atoms with Crippen LogP contribution >= 0.6 is 0 Å². The number of carboxylic acid groups (broad SMARTS) is 1. The van der Waals surface area contributed by atoms with E-state index in [0.717, 1.165) is 5.56 Å². The minimum atomic E-state index is -0.888. The molecule has 2 N–H and O–H groups in total. The molecule has 0 aliphatic rings. The van der Waals surface area contributed by atoms with Gasteiger partial charge in [0.25, 0.3) is 0 Å². The van der Waals surface area contributed by atoms with Crippen LogP contribution in [0.15, 0.2) is 71.4 Å². The molecular formula is C26H22FN3O5. The van der Waals surface area contributed by atoms with E-state index in [4.69, 9.17) is 14.4 Å². The third kappa shape index (κ3) is 5.89. The van der Waals surface area contributed by atoms with Crippen molar-refractivity contribution >= 4 is 17.7 Å². The van der Waals surface area contributed by atoms with Crippen LogP contribution in [-0.2, 0) is 22.4 Å². The lowest BCUT2D eigenvalue weighted by atomic mass is 10.1. The summed E-state index contributed by atoms with van der Waals surface area (Å²) in [6, 6.07) is 17.0. The lowest BCUT2D eigenvalue weighted by Gasteiger charge is -2.08. The summed E-state index contributed by atoms with van der Waals surface area (Å²) in [5.74, 6) is -0.911. The van der Waals surface area contributed by atoms with Gasteiger partial charge in [0, 0.05) is 23.7 Å². The van der Waals surface area contributed by atoms with Crippen molar-refractivity contribution in [2.75, 3.05) is 11.9 Å². The van der Waals surface area contributed by atoms with Crippen LogP contribution in [0.4, 0.5) is 14.9 Å². The minimum absolute atomic E-state index is 0.00787. The van der Waals surface area contributed by atoms with Crippen LogP contribution in [0.3, 0.4) is 0 Å². The maximum Gasteiger partial charge on any atom is 0.411 e. The molecule has 4 aromatic rings. The number of ether oxygens (including phenoxy) is 1. The summed E-state index contributed by atoms with van der Waals surface area (Å²) >= 11 is 0. The third-order valence-electron chi connectivity index (χ3n) is 5.28. The number of hydrogen-bond donors (Lipinski definition) is 2. The molecule has 9 heteroatoms. The van der Waals surface area contributed by atoms with E-state index >= 15 is 0 Å². The van der Waals surface area contributed by atoms with Gasteiger partial charge in [-0.05, 0) is 36.2 Å². The Hall–Kier alpha value is -4.53. The van der Waals surface area contributed by atoms with Crippen LogP contribution in [0, 0.1) is 12.7 Å². The highest BCUT2D eigenvalue weighted by atomic mass is 19.1. The monoisotopic (exact) mass is 475 g/mol. The van der Waals surface area contributed by atoms with Crippen LogP contribution in [0.25, 0.3) is 22.6 Å². The van der Waals surface area contributed by atoms with E-state index < -0.39 is 12.1 Å². The van der Waals surface area contributed by atoms with Gasteiger partial charge in [0.05, 0.1) is 18.7 Å². The van der Waals surface area contributed by atoms with E-state index in [0.29, 0.717) is 39.5 Å². The topological polar surface area (TPSA) is 115 Å². The van der Waals surface area contributed by atoms with Crippen LogP contribution in [0.2, 0.25) is 0 Å². The second kappa shape index (κ2) is 10.6. The molecule has 2 heterocycles. The summed E-state index contributed by atoms with van der Waals surface area (Å²) in [7, 11) is 0. The van der Waals surface area contributed by atoms with Crippen LogP contribution in [-0.4, -0.2) is 33.9 Å². The number of aromatic nitrogens is 2. The average molecular weight is 475 g/mol. The number of carboxylic acids is 1. The number of halogens is 1. The van der Waals surface area contributed by atoms with E-state index in [1.54, 1.807) is 55.6 Å².